The molecule has 0 spiro atoms. The third-order valence-corrected chi connectivity index (χ3v) is 2.38. The molecule has 11 heteroatoms. The van der Waals surface area contributed by atoms with E-state index in [0.717, 1.165) is 0 Å². The number of hydrogen-bond donors (Lipinski definition) is 5. The van der Waals surface area contributed by atoms with E-state index in [2.05, 4.69) is 41.2 Å². The third kappa shape index (κ3) is 3.76. The van der Waals surface area contributed by atoms with Crippen molar-refractivity contribution in [3.8, 4) is 0 Å². The number of nitrogens with zero attached hydrogens (tertiary/aromatic N) is 4. The lowest BCUT2D eigenvalue weighted by Gasteiger charge is -2.13. The van der Waals surface area contributed by atoms with Crippen LogP contribution >= 0.6 is 0 Å². The molecule has 0 fully saturated rings. The van der Waals surface area contributed by atoms with Crippen LogP contribution in [0.15, 0.2) is 12.5 Å². The Labute approximate surface area is 112 Å². The number of imidazole rings is 1. The number of nitrogens with one attached hydrogen (secondary N) is 4. The highest BCUT2D eigenvalue weighted by Gasteiger charge is 2.21. The van der Waals surface area contributed by atoms with Crippen LogP contribution in [0, 0.1) is 0 Å². The number of aromatic amines is 2. The van der Waals surface area contributed by atoms with Crippen molar-refractivity contribution in [2.75, 3.05) is 0 Å². The monoisotopic (exact) mass is 280 g/mol. The van der Waals surface area contributed by atoms with Gasteiger partial charge in [-0.25, -0.2) is 14.6 Å². The average Bonchev–Trinajstić information content (AvgIpc) is 3.08. The average molecular weight is 280 g/mol. The van der Waals surface area contributed by atoms with Crippen LogP contribution in [-0.2, 0) is 17.8 Å². The zero-order valence-corrected chi connectivity index (χ0v) is 10.2. The van der Waals surface area contributed by atoms with Crippen molar-refractivity contribution in [3.63, 3.8) is 0 Å². The van der Waals surface area contributed by atoms with E-state index < -0.39 is 18.0 Å². The summed E-state index contributed by atoms with van der Waals surface area (Å²) in [5.74, 6) is -0.852. The molecule has 0 aromatic carbocycles. The number of rotatable bonds is 6. The summed E-state index contributed by atoms with van der Waals surface area (Å²) in [6.45, 7) is 0.0404. The Morgan fingerprint density at radius 2 is 2.30 bits per heavy atom. The predicted molar refractivity (Wildman–Crippen MR) is 63.3 cm³/mol. The summed E-state index contributed by atoms with van der Waals surface area (Å²) in [6.07, 6.45) is 3.03. The molecule has 20 heavy (non-hydrogen) atoms. The normalized spacial score (nSPS) is 11.8. The number of hydrogen-bond acceptors (Lipinski definition) is 6. The van der Waals surface area contributed by atoms with Gasteiger partial charge < -0.3 is 20.7 Å². The number of aliphatic carboxylic acids is 1. The van der Waals surface area contributed by atoms with Gasteiger partial charge in [-0.15, -0.1) is 10.2 Å². The van der Waals surface area contributed by atoms with Crippen molar-refractivity contribution in [2.24, 2.45) is 0 Å². The van der Waals surface area contributed by atoms with Gasteiger partial charge in [-0.05, 0) is 0 Å². The standard InChI is InChI=1S/C9H12N8O3/c18-8(19)6(1-5-2-10-4-12-5)13-9(20)11-3-7-14-16-17-15-7/h2,4,6H,1,3H2,(H,10,12)(H,18,19)(H2,11,13,20)(H,14,15,16,17)/t6-/m0/s1. The molecule has 0 aliphatic heterocycles. The summed E-state index contributed by atoms with van der Waals surface area (Å²) in [4.78, 5) is 29.2. The third-order valence-electron chi connectivity index (χ3n) is 2.38. The molecule has 0 radical (unpaired) electrons. The molecule has 0 saturated heterocycles. The van der Waals surface area contributed by atoms with E-state index in [9.17, 15) is 9.59 Å². The van der Waals surface area contributed by atoms with Gasteiger partial charge >= 0.3 is 12.0 Å². The van der Waals surface area contributed by atoms with Crippen LogP contribution < -0.4 is 10.6 Å². The van der Waals surface area contributed by atoms with Gasteiger partial charge in [-0.3, -0.25) is 0 Å². The minimum Gasteiger partial charge on any atom is -0.480 e. The Hall–Kier alpha value is -2.98. The largest absolute Gasteiger partial charge is 0.480 e. The number of carboxylic acids is 1. The number of amides is 2. The van der Waals surface area contributed by atoms with Crippen molar-refractivity contribution < 1.29 is 14.7 Å². The molecule has 0 aliphatic carbocycles. The molecule has 5 N–H and O–H groups in total. The first-order valence-corrected chi connectivity index (χ1v) is 5.62. The zero-order chi connectivity index (χ0) is 14.4. The van der Waals surface area contributed by atoms with E-state index in [0.29, 0.717) is 11.5 Å². The molecule has 2 rings (SSSR count). The zero-order valence-electron chi connectivity index (χ0n) is 10.2. The molecule has 11 nitrogen and oxygen atoms in total. The molecular formula is C9H12N8O3. The molecule has 1 atom stereocenters. The topological polar surface area (TPSA) is 162 Å². The van der Waals surface area contributed by atoms with Gasteiger partial charge in [0.2, 0.25) is 0 Å². The van der Waals surface area contributed by atoms with Gasteiger partial charge in [0, 0.05) is 18.3 Å². The summed E-state index contributed by atoms with van der Waals surface area (Å²) in [5.41, 5.74) is 0.607. The van der Waals surface area contributed by atoms with Gasteiger partial charge in [0.15, 0.2) is 5.82 Å². The van der Waals surface area contributed by atoms with E-state index in [1.807, 2.05) is 0 Å². The number of aromatic nitrogens is 6. The molecular weight excluding hydrogens is 268 g/mol. The van der Waals surface area contributed by atoms with E-state index in [4.69, 9.17) is 5.11 Å². The molecule has 0 unspecified atom stereocenters. The van der Waals surface area contributed by atoms with Gasteiger partial charge in [0.1, 0.15) is 6.04 Å². The smallest absolute Gasteiger partial charge is 0.326 e. The predicted octanol–water partition coefficient (Wildman–Crippen LogP) is -1.58. The van der Waals surface area contributed by atoms with Gasteiger partial charge in [0.05, 0.1) is 12.9 Å². The fraction of sp³-hybridized carbons (Fsp3) is 0.333. The first-order chi connectivity index (χ1) is 9.65. The van der Waals surface area contributed by atoms with Crippen LogP contribution in [0.2, 0.25) is 0 Å². The number of tetrazole rings is 1. The Morgan fingerprint density at radius 1 is 1.45 bits per heavy atom. The summed E-state index contributed by atoms with van der Waals surface area (Å²) in [5, 5.41) is 26.7. The lowest BCUT2D eigenvalue weighted by Crippen LogP contribution is -2.47. The van der Waals surface area contributed by atoms with Crippen molar-refractivity contribution in [2.45, 2.75) is 19.0 Å². The maximum Gasteiger partial charge on any atom is 0.326 e. The molecule has 2 aromatic rings. The lowest BCUT2D eigenvalue weighted by atomic mass is 10.2. The summed E-state index contributed by atoms with van der Waals surface area (Å²) >= 11 is 0. The van der Waals surface area contributed by atoms with Crippen molar-refractivity contribution in [1.29, 1.82) is 0 Å². The van der Waals surface area contributed by atoms with Gasteiger partial charge in [-0.1, -0.05) is 5.21 Å². The second kappa shape index (κ2) is 6.26. The van der Waals surface area contributed by atoms with Crippen LogP contribution in [0.3, 0.4) is 0 Å². The number of carbonyl (C=O) groups is 2. The summed E-state index contributed by atoms with van der Waals surface area (Å²) in [6, 6.07) is -1.71. The van der Waals surface area contributed by atoms with Crippen LogP contribution in [0.1, 0.15) is 11.5 Å². The highest BCUT2D eigenvalue weighted by molar-refractivity contribution is 5.82. The van der Waals surface area contributed by atoms with Crippen LogP contribution in [0.25, 0.3) is 0 Å². The number of urea groups is 1. The van der Waals surface area contributed by atoms with Crippen molar-refractivity contribution in [3.05, 3.63) is 24.0 Å². The van der Waals surface area contributed by atoms with Gasteiger partial charge in [-0.2, -0.15) is 5.21 Å². The highest BCUT2D eigenvalue weighted by atomic mass is 16.4. The number of carboxylic acid groups (broad SMARTS) is 1. The minimum atomic E-state index is -1.14. The van der Waals surface area contributed by atoms with Crippen LogP contribution in [-0.4, -0.2) is 53.7 Å². The summed E-state index contributed by atoms with van der Waals surface area (Å²) < 4.78 is 0. The molecule has 2 aromatic heterocycles. The second-order valence-corrected chi connectivity index (χ2v) is 3.83. The molecule has 106 valence electrons. The SMILES string of the molecule is O=C(NCc1nn[nH]n1)N[C@@H](Cc1cnc[nH]1)C(=O)O. The van der Waals surface area contributed by atoms with Crippen molar-refractivity contribution in [1.82, 2.24) is 41.2 Å². The molecule has 2 heterocycles. The molecule has 2 amide bonds. The Bertz CT molecular complexity index is 552. The second-order valence-electron chi connectivity index (χ2n) is 3.83. The molecule has 0 saturated carbocycles. The molecule has 0 aliphatic rings. The minimum absolute atomic E-state index is 0.0404. The van der Waals surface area contributed by atoms with Crippen LogP contribution in [0.5, 0.6) is 0 Å². The van der Waals surface area contributed by atoms with E-state index in [1.54, 1.807) is 0 Å². The van der Waals surface area contributed by atoms with E-state index in [1.165, 1.54) is 12.5 Å². The van der Waals surface area contributed by atoms with Crippen molar-refractivity contribution >= 4 is 12.0 Å². The quantitative estimate of drug-likeness (QED) is 0.426. The number of carbonyl (C=O) groups excluding carboxylic acids is 1. The number of H-pyrrole nitrogens is 2. The first-order valence-electron chi connectivity index (χ1n) is 5.62. The lowest BCUT2D eigenvalue weighted by molar-refractivity contribution is -0.139. The van der Waals surface area contributed by atoms with Gasteiger partial charge in [0.25, 0.3) is 0 Å². The Morgan fingerprint density at radius 3 is 2.90 bits per heavy atom. The van der Waals surface area contributed by atoms with E-state index in [-0.39, 0.29) is 13.0 Å². The maximum absolute atomic E-state index is 11.6. The highest BCUT2D eigenvalue weighted by Crippen LogP contribution is 1.98. The first kappa shape index (κ1) is 13.5. The van der Waals surface area contributed by atoms with Crippen LogP contribution in [0.4, 0.5) is 4.79 Å². The summed E-state index contributed by atoms with van der Waals surface area (Å²) in [7, 11) is 0. The fourth-order valence-electron chi connectivity index (χ4n) is 1.44. The molecule has 0 bridgehead atoms. The maximum atomic E-state index is 11.6. The Balaban J connectivity index is 1.84. The Kier molecular flexibility index (Phi) is 4.21. The van der Waals surface area contributed by atoms with E-state index >= 15 is 0 Å². The fourth-order valence-corrected chi connectivity index (χ4v) is 1.44.